The minimum Gasteiger partial charge on any atom is -0.300 e. The zero-order valence-electron chi connectivity index (χ0n) is 9.32. The van der Waals surface area contributed by atoms with Crippen LogP contribution in [0, 0.1) is 18.8 Å². The van der Waals surface area contributed by atoms with Crippen molar-refractivity contribution in [3.8, 4) is 0 Å². The number of aromatic nitrogens is 1. The van der Waals surface area contributed by atoms with Crippen molar-refractivity contribution in [3.05, 3.63) is 16.1 Å². The van der Waals surface area contributed by atoms with E-state index in [4.69, 9.17) is 0 Å². The topological polar surface area (TPSA) is 30.0 Å². The first-order valence-electron chi connectivity index (χ1n) is 5.58. The molecule has 1 heterocycles. The van der Waals surface area contributed by atoms with Gasteiger partial charge in [0, 0.05) is 18.2 Å². The monoisotopic (exact) mass is 223 g/mol. The smallest absolute Gasteiger partial charge is 0.133 e. The van der Waals surface area contributed by atoms with Gasteiger partial charge in [-0.05, 0) is 31.6 Å². The summed E-state index contributed by atoms with van der Waals surface area (Å²) in [5.74, 6) is 1.63. The van der Waals surface area contributed by atoms with E-state index in [1.165, 1.54) is 5.69 Å². The minimum absolute atomic E-state index is 0.435. The Morgan fingerprint density at radius 3 is 3.07 bits per heavy atom. The lowest BCUT2D eigenvalue weighted by atomic mass is 9.77. The molecular formula is C12H17NOS. The zero-order chi connectivity index (χ0) is 10.8. The van der Waals surface area contributed by atoms with Crippen molar-refractivity contribution < 1.29 is 4.79 Å². The summed E-state index contributed by atoms with van der Waals surface area (Å²) < 4.78 is 0. The third-order valence-corrected chi connectivity index (χ3v) is 4.13. The van der Waals surface area contributed by atoms with Gasteiger partial charge in [0.1, 0.15) is 5.78 Å². The van der Waals surface area contributed by atoms with Crippen molar-refractivity contribution >= 4 is 17.1 Å². The Bertz CT molecular complexity index is 358. The number of ketones is 1. The molecule has 0 amide bonds. The normalized spacial score (nSPS) is 26.9. The van der Waals surface area contributed by atoms with Crippen molar-refractivity contribution in [2.45, 2.75) is 39.5 Å². The van der Waals surface area contributed by atoms with Crippen LogP contribution in [0.5, 0.6) is 0 Å². The molecule has 2 nitrogen and oxygen atoms in total. The first kappa shape index (κ1) is 10.8. The van der Waals surface area contributed by atoms with E-state index in [0.717, 1.165) is 30.7 Å². The average molecular weight is 223 g/mol. The van der Waals surface area contributed by atoms with E-state index in [-0.39, 0.29) is 0 Å². The summed E-state index contributed by atoms with van der Waals surface area (Å²) in [6.07, 6.45) is 3.59. The van der Waals surface area contributed by atoms with Crippen LogP contribution in [0.2, 0.25) is 0 Å². The summed E-state index contributed by atoms with van der Waals surface area (Å²) in [5.41, 5.74) is 1.17. The van der Waals surface area contributed by atoms with Gasteiger partial charge in [0.15, 0.2) is 0 Å². The Labute approximate surface area is 94.7 Å². The van der Waals surface area contributed by atoms with Crippen LogP contribution in [0.3, 0.4) is 0 Å². The molecule has 1 aliphatic carbocycles. The fraction of sp³-hybridized carbons (Fsp3) is 0.667. The maximum absolute atomic E-state index is 11.4. The maximum Gasteiger partial charge on any atom is 0.133 e. The molecule has 0 saturated heterocycles. The molecule has 0 aliphatic heterocycles. The van der Waals surface area contributed by atoms with Crippen LogP contribution < -0.4 is 0 Å². The van der Waals surface area contributed by atoms with Gasteiger partial charge in [-0.2, -0.15) is 0 Å². The van der Waals surface area contributed by atoms with E-state index >= 15 is 0 Å². The number of carbonyl (C=O) groups excluding carboxylic acids is 1. The van der Waals surface area contributed by atoms with Crippen LogP contribution in [0.25, 0.3) is 0 Å². The molecule has 1 saturated carbocycles. The molecule has 1 aliphatic rings. The number of rotatable bonds is 2. The predicted octanol–water partition coefficient (Wildman–Crippen LogP) is 3.00. The van der Waals surface area contributed by atoms with Crippen LogP contribution in [0.4, 0.5) is 0 Å². The molecule has 0 aromatic carbocycles. The summed E-state index contributed by atoms with van der Waals surface area (Å²) in [5, 5.41) is 3.25. The van der Waals surface area contributed by atoms with Gasteiger partial charge in [0.25, 0.3) is 0 Å². The van der Waals surface area contributed by atoms with Gasteiger partial charge >= 0.3 is 0 Å². The lowest BCUT2D eigenvalue weighted by Gasteiger charge is -2.27. The number of aryl methyl sites for hydroxylation is 1. The number of hydrogen-bond donors (Lipinski definition) is 0. The molecule has 1 fully saturated rings. The second kappa shape index (κ2) is 4.44. The fourth-order valence-corrected chi connectivity index (χ4v) is 2.89. The number of hydrogen-bond acceptors (Lipinski definition) is 3. The summed E-state index contributed by atoms with van der Waals surface area (Å²) >= 11 is 1.70. The molecule has 0 spiro atoms. The second-order valence-electron chi connectivity index (χ2n) is 4.58. The largest absolute Gasteiger partial charge is 0.300 e. The molecule has 3 heteroatoms. The molecule has 2 unspecified atom stereocenters. The highest BCUT2D eigenvalue weighted by Gasteiger charge is 2.26. The Morgan fingerprint density at radius 2 is 2.40 bits per heavy atom. The van der Waals surface area contributed by atoms with Crippen molar-refractivity contribution in [2.75, 3.05) is 0 Å². The fourth-order valence-electron chi connectivity index (χ4n) is 2.26. The van der Waals surface area contributed by atoms with Gasteiger partial charge < -0.3 is 0 Å². The van der Waals surface area contributed by atoms with Crippen LogP contribution in [-0.4, -0.2) is 10.8 Å². The molecular weight excluding hydrogens is 206 g/mol. The van der Waals surface area contributed by atoms with Crippen molar-refractivity contribution in [2.24, 2.45) is 11.8 Å². The molecule has 0 bridgehead atoms. The van der Waals surface area contributed by atoms with Gasteiger partial charge in [0.2, 0.25) is 0 Å². The zero-order valence-corrected chi connectivity index (χ0v) is 10.1. The Kier molecular flexibility index (Phi) is 3.19. The molecule has 2 rings (SSSR count). The van der Waals surface area contributed by atoms with Gasteiger partial charge in [0.05, 0.1) is 10.7 Å². The number of carbonyl (C=O) groups is 1. The lowest BCUT2D eigenvalue weighted by Crippen LogP contribution is -2.24. The molecule has 15 heavy (non-hydrogen) atoms. The van der Waals surface area contributed by atoms with Gasteiger partial charge in [-0.25, -0.2) is 4.98 Å². The summed E-state index contributed by atoms with van der Waals surface area (Å²) in [6.45, 7) is 4.29. The van der Waals surface area contributed by atoms with Crippen molar-refractivity contribution in [1.29, 1.82) is 0 Å². The third kappa shape index (κ3) is 2.65. The molecule has 0 radical (unpaired) electrons. The molecule has 2 atom stereocenters. The van der Waals surface area contributed by atoms with E-state index in [1.807, 2.05) is 6.92 Å². The summed E-state index contributed by atoms with van der Waals surface area (Å²) in [4.78, 5) is 15.9. The second-order valence-corrected chi connectivity index (χ2v) is 5.64. The van der Waals surface area contributed by atoms with E-state index in [2.05, 4.69) is 17.3 Å². The number of thiazole rings is 1. The highest BCUT2D eigenvalue weighted by Crippen LogP contribution is 2.30. The summed E-state index contributed by atoms with van der Waals surface area (Å²) in [7, 11) is 0. The third-order valence-electron chi connectivity index (χ3n) is 3.31. The number of nitrogens with zero attached hydrogens (tertiary/aromatic N) is 1. The molecule has 0 N–H and O–H groups in total. The SMILES string of the molecule is Cc1nc(CC2CC(=O)CCC2C)cs1. The molecule has 1 aromatic rings. The Hall–Kier alpha value is -0.700. The maximum atomic E-state index is 11.4. The first-order valence-corrected chi connectivity index (χ1v) is 6.46. The van der Waals surface area contributed by atoms with Crippen molar-refractivity contribution in [1.82, 2.24) is 4.98 Å². The van der Waals surface area contributed by atoms with Gasteiger partial charge in [-0.3, -0.25) is 4.79 Å². The predicted molar refractivity (Wildman–Crippen MR) is 62.1 cm³/mol. The van der Waals surface area contributed by atoms with E-state index < -0.39 is 0 Å². The highest BCUT2D eigenvalue weighted by molar-refractivity contribution is 7.09. The number of Topliss-reactive ketones (excluding diaryl/α,β-unsaturated/α-hetero) is 1. The average Bonchev–Trinajstić information content (AvgIpc) is 2.58. The Morgan fingerprint density at radius 1 is 1.60 bits per heavy atom. The van der Waals surface area contributed by atoms with Gasteiger partial charge in [-0.15, -0.1) is 11.3 Å². The van der Waals surface area contributed by atoms with Crippen LogP contribution in [0.15, 0.2) is 5.38 Å². The van der Waals surface area contributed by atoms with E-state index in [1.54, 1.807) is 11.3 Å². The first-order chi connectivity index (χ1) is 7.15. The summed E-state index contributed by atoms with van der Waals surface area (Å²) in [6, 6.07) is 0. The van der Waals surface area contributed by atoms with Crippen LogP contribution in [0.1, 0.15) is 36.9 Å². The van der Waals surface area contributed by atoms with E-state index in [0.29, 0.717) is 17.6 Å². The van der Waals surface area contributed by atoms with Crippen LogP contribution in [-0.2, 0) is 11.2 Å². The highest BCUT2D eigenvalue weighted by atomic mass is 32.1. The Balaban J connectivity index is 2.01. The molecule has 82 valence electrons. The van der Waals surface area contributed by atoms with Crippen LogP contribution >= 0.6 is 11.3 Å². The molecule has 1 aromatic heterocycles. The standard InChI is InChI=1S/C12H17NOS/c1-8-3-4-12(14)6-10(8)5-11-7-15-9(2)13-11/h7-8,10H,3-6H2,1-2H3. The van der Waals surface area contributed by atoms with E-state index in [9.17, 15) is 4.79 Å². The minimum atomic E-state index is 0.435. The lowest BCUT2D eigenvalue weighted by molar-refractivity contribution is -0.122. The quantitative estimate of drug-likeness (QED) is 0.771. The van der Waals surface area contributed by atoms with Crippen molar-refractivity contribution in [3.63, 3.8) is 0 Å². The van der Waals surface area contributed by atoms with Gasteiger partial charge in [-0.1, -0.05) is 6.92 Å².